The van der Waals surface area contributed by atoms with E-state index in [1.54, 1.807) is 6.26 Å². The first-order chi connectivity index (χ1) is 5.20. The van der Waals surface area contributed by atoms with Crippen molar-refractivity contribution in [3.05, 3.63) is 11.8 Å². The second kappa shape index (κ2) is 3.56. The quantitative estimate of drug-likeness (QED) is 0.449. The molecule has 0 unspecified atom stereocenters. The van der Waals surface area contributed by atoms with Crippen LogP contribution in [0.25, 0.3) is 0 Å². The minimum absolute atomic E-state index is 0.177. The van der Waals surface area contributed by atoms with E-state index in [1.165, 1.54) is 0 Å². The first kappa shape index (κ1) is 8.31. The normalized spacial score (nSPS) is 21.7. The summed E-state index contributed by atoms with van der Waals surface area (Å²) in [4.78, 5) is 11.0. The highest BCUT2D eigenvalue weighted by molar-refractivity contribution is 5.97. The van der Waals surface area contributed by atoms with Crippen LogP contribution in [0.2, 0.25) is 0 Å². The van der Waals surface area contributed by atoms with Gasteiger partial charge in [-0.3, -0.25) is 4.79 Å². The van der Waals surface area contributed by atoms with Gasteiger partial charge in [0.25, 0.3) is 0 Å². The van der Waals surface area contributed by atoms with Crippen molar-refractivity contribution in [2.75, 3.05) is 0 Å². The first-order valence-corrected chi connectivity index (χ1v) is 4.08. The largest absolute Gasteiger partial charge is 0.498 e. The fraction of sp³-hybridized carbons (Fsp3) is 0.667. The van der Waals surface area contributed by atoms with E-state index in [-0.39, 0.29) is 11.9 Å². The predicted molar refractivity (Wildman–Crippen MR) is 43.2 cm³/mol. The second-order valence-corrected chi connectivity index (χ2v) is 3.10. The van der Waals surface area contributed by atoms with Crippen molar-refractivity contribution < 1.29 is 9.53 Å². The van der Waals surface area contributed by atoms with E-state index in [0.29, 0.717) is 6.42 Å². The van der Waals surface area contributed by atoms with Crippen LogP contribution in [0.1, 0.15) is 33.1 Å². The van der Waals surface area contributed by atoms with Crippen molar-refractivity contribution in [3.8, 4) is 0 Å². The maximum atomic E-state index is 11.0. The predicted octanol–water partition coefficient (Wildman–Crippen LogP) is 2.05. The van der Waals surface area contributed by atoms with Gasteiger partial charge in [-0.25, -0.2) is 0 Å². The van der Waals surface area contributed by atoms with E-state index < -0.39 is 0 Å². The van der Waals surface area contributed by atoms with Crippen molar-refractivity contribution >= 4 is 5.78 Å². The van der Waals surface area contributed by atoms with Crippen LogP contribution >= 0.6 is 0 Å². The van der Waals surface area contributed by atoms with Crippen molar-refractivity contribution in [3.63, 3.8) is 0 Å². The molecular formula is C9H14O2. The highest BCUT2D eigenvalue weighted by atomic mass is 16.5. The van der Waals surface area contributed by atoms with E-state index >= 15 is 0 Å². The number of ether oxygens (including phenoxy) is 1. The van der Waals surface area contributed by atoms with Crippen LogP contribution < -0.4 is 0 Å². The maximum Gasteiger partial charge on any atom is 0.161 e. The zero-order chi connectivity index (χ0) is 8.27. The van der Waals surface area contributed by atoms with E-state index in [0.717, 1.165) is 18.4 Å². The minimum atomic E-state index is 0.177. The van der Waals surface area contributed by atoms with Crippen molar-refractivity contribution in [2.45, 2.75) is 39.2 Å². The summed E-state index contributed by atoms with van der Waals surface area (Å²) in [5, 5.41) is 0. The Morgan fingerprint density at radius 2 is 2.18 bits per heavy atom. The number of hydrogen-bond acceptors (Lipinski definition) is 2. The topological polar surface area (TPSA) is 26.3 Å². The molecule has 0 spiro atoms. The molecule has 1 fully saturated rings. The standard InChI is InChI=1S/C9H14O2/c1-7(2)11-6-8-4-3-5-9(8)10/h6-7H,3-5H2,1-2H3/b8-6-. The highest BCUT2D eigenvalue weighted by Crippen LogP contribution is 2.20. The fourth-order valence-electron chi connectivity index (χ4n) is 1.08. The van der Waals surface area contributed by atoms with Gasteiger partial charge in [-0.15, -0.1) is 0 Å². The lowest BCUT2D eigenvalue weighted by molar-refractivity contribution is -0.114. The third-order valence-electron chi connectivity index (χ3n) is 1.69. The summed E-state index contributed by atoms with van der Waals surface area (Å²) < 4.78 is 5.21. The van der Waals surface area contributed by atoms with Gasteiger partial charge in [-0.2, -0.15) is 0 Å². The first-order valence-electron chi connectivity index (χ1n) is 4.08. The second-order valence-electron chi connectivity index (χ2n) is 3.10. The molecule has 0 saturated heterocycles. The summed E-state index contributed by atoms with van der Waals surface area (Å²) in [7, 11) is 0. The summed E-state index contributed by atoms with van der Waals surface area (Å²) in [5.41, 5.74) is 0.860. The summed E-state index contributed by atoms with van der Waals surface area (Å²) in [6, 6.07) is 0. The summed E-state index contributed by atoms with van der Waals surface area (Å²) in [6.45, 7) is 3.91. The van der Waals surface area contributed by atoms with Crippen LogP contribution in [-0.4, -0.2) is 11.9 Å². The lowest BCUT2D eigenvalue weighted by Gasteiger charge is -2.03. The number of ketones is 1. The molecule has 1 rings (SSSR count). The van der Waals surface area contributed by atoms with Crippen molar-refractivity contribution in [2.24, 2.45) is 0 Å². The van der Waals surface area contributed by atoms with Gasteiger partial charge in [0.1, 0.15) is 0 Å². The third-order valence-corrected chi connectivity index (χ3v) is 1.69. The van der Waals surface area contributed by atoms with Crippen LogP contribution in [0.15, 0.2) is 11.8 Å². The SMILES string of the molecule is CC(C)O/C=C1/CCCC1=O. The van der Waals surface area contributed by atoms with E-state index in [4.69, 9.17) is 4.74 Å². The molecule has 0 radical (unpaired) electrons. The Morgan fingerprint density at radius 1 is 1.45 bits per heavy atom. The van der Waals surface area contributed by atoms with Gasteiger partial charge in [-0.05, 0) is 26.7 Å². The Labute approximate surface area is 67.2 Å². The molecule has 1 aliphatic carbocycles. The Balaban J connectivity index is 2.45. The van der Waals surface area contributed by atoms with Gasteiger partial charge in [0.15, 0.2) is 5.78 Å². The number of carbonyl (C=O) groups is 1. The van der Waals surface area contributed by atoms with Crippen molar-refractivity contribution in [1.82, 2.24) is 0 Å². The molecule has 1 saturated carbocycles. The summed E-state index contributed by atoms with van der Waals surface area (Å²) in [5.74, 6) is 0.255. The Kier molecular flexibility index (Phi) is 2.69. The molecular weight excluding hydrogens is 140 g/mol. The fourth-order valence-corrected chi connectivity index (χ4v) is 1.08. The molecule has 0 aromatic carbocycles. The molecule has 11 heavy (non-hydrogen) atoms. The molecule has 0 aromatic heterocycles. The van der Waals surface area contributed by atoms with E-state index in [1.807, 2.05) is 13.8 Å². The number of Topliss-reactive ketones (excluding diaryl/α,β-unsaturated/α-hetero) is 1. The highest BCUT2D eigenvalue weighted by Gasteiger charge is 2.16. The van der Waals surface area contributed by atoms with Crippen LogP contribution in [0.5, 0.6) is 0 Å². The zero-order valence-corrected chi connectivity index (χ0v) is 7.09. The lowest BCUT2D eigenvalue weighted by Crippen LogP contribution is -1.99. The Morgan fingerprint density at radius 3 is 2.64 bits per heavy atom. The molecule has 0 atom stereocenters. The molecule has 0 amide bonds. The van der Waals surface area contributed by atoms with Gasteiger partial charge >= 0.3 is 0 Å². The van der Waals surface area contributed by atoms with Crippen LogP contribution in [0.4, 0.5) is 0 Å². The molecule has 0 aliphatic heterocycles. The van der Waals surface area contributed by atoms with Crippen LogP contribution in [0, 0.1) is 0 Å². The lowest BCUT2D eigenvalue weighted by atomic mass is 10.2. The molecule has 2 heteroatoms. The third kappa shape index (κ3) is 2.37. The van der Waals surface area contributed by atoms with Gasteiger partial charge < -0.3 is 4.74 Å². The van der Waals surface area contributed by atoms with E-state index in [9.17, 15) is 4.79 Å². The molecule has 0 bridgehead atoms. The molecule has 2 nitrogen and oxygen atoms in total. The maximum absolute atomic E-state index is 11.0. The number of allylic oxidation sites excluding steroid dienone is 1. The monoisotopic (exact) mass is 154 g/mol. The average Bonchev–Trinajstić information content (AvgIpc) is 2.31. The van der Waals surface area contributed by atoms with Gasteiger partial charge in [0.05, 0.1) is 12.4 Å². The van der Waals surface area contributed by atoms with Crippen LogP contribution in [-0.2, 0) is 9.53 Å². The summed E-state index contributed by atoms with van der Waals surface area (Å²) >= 11 is 0. The van der Waals surface area contributed by atoms with Crippen molar-refractivity contribution in [1.29, 1.82) is 0 Å². The molecule has 1 aliphatic rings. The van der Waals surface area contributed by atoms with Gasteiger partial charge in [0, 0.05) is 12.0 Å². The zero-order valence-electron chi connectivity index (χ0n) is 7.09. The van der Waals surface area contributed by atoms with Gasteiger partial charge in [-0.1, -0.05) is 0 Å². The summed E-state index contributed by atoms with van der Waals surface area (Å²) in [6.07, 6.45) is 4.39. The number of rotatable bonds is 2. The number of hydrogen-bond donors (Lipinski definition) is 0. The average molecular weight is 154 g/mol. The smallest absolute Gasteiger partial charge is 0.161 e. The van der Waals surface area contributed by atoms with Gasteiger partial charge in [0.2, 0.25) is 0 Å². The molecule has 0 heterocycles. The Bertz CT molecular complexity index is 180. The Hall–Kier alpha value is -0.790. The van der Waals surface area contributed by atoms with Crippen LogP contribution in [0.3, 0.4) is 0 Å². The molecule has 0 N–H and O–H groups in total. The molecule has 62 valence electrons. The number of carbonyl (C=O) groups excluding carboxylic acids is 1. The minimum Gasteiger partial charge on any atom is -0.498 e. The van der Waals surface area contributed by atoms with E-state index in [2.05, 4.69) is 0 Å². The molecule has 0 aromatic rings.